The van der Waals surface area contributed by atoms with E-state index in [4.69, 9.17) is 23.5 Å². The molecule has 7 heteroatoms. The maximum atomic E-state index is 11.6. The van der Waals surface area contributed by atoms with Crippen molar-refractivity contribution < 1.29 is 28.3 Å². The van der Waals surface area contributed by atoms with Crippen LogP contribution in [0, 0.1) is 6.92 Å². The molecule has 0 aliphatic rings. The van der Waals surface area contributed by atoms with Gasteiger partial charge in [0.25, 0.3) is 0 Å². The predicted molar refractivity (Wildman–Crippen MR) is 111 cm³/mol. The number of rotatable bonds is 9. The van der Waals surface area contributed by atoms with Crippen molar-refractivity contribution in [3.05, 3.63) is 82.8 Å². The van der Waals surface area contributed by atoms with Gasteiger partial charge < -0.3 is 23.5 Å². The average molecular weight is 409 g/mol. The van der Waals surface area contributed by atoms with Crippen LogP contribution in [0.2, 0.25) is 0 Å². The maximum Gasteiger partial charge on any atom is 0.341 e. The molecular weight excluding hydrogens is 386 g/mol. The SMILES string of the molecule is COC(=O)c1cc(CO/N=C\c2ccc(OCc3ccccc3)c(OC)c2)oc1C. The van der Waals surface area contributed by atoms with E-state index in [0.29, 0.717) is 35.2 Å². The molecule has 3 rings (SSSR count). The van der Waals surface area contributed by atoms with Gasteiger partial charge in [0.05, 0.1) is 20.4 Å². The minimum Gasteiger partial charge on any atom is -0.493 e. The topological polar surface area (TPSA) is 79.5 Å². The molecule has 0 saturated heterocycles. The van der Waals surface area contributed by atoms with Crippen LogP contribution in [-0.4, -0.2) is 26.4 Å². The Balaban J connectivity index is 1.57. The van der Waals surface area contributed by atoms with E-state index in [0.717, 1.165) is 11.1 Å². The van der Waals surface area contributed by atoms with Gasteiger partial charge in [-0.3, -0.25) is 0 Å². The number of furan rings is 1. The quantitative estimate of drug-likeness (QED) is 0.294. The largest absolute Gasteiger partial charge is 0.493 e. The molecule has 30 heavy (non-hydrogen) atoms. The van der Waals surface area contributed by atoms with Gasteiger partial charge in [0.2, 0.25) is 0 Å². The highest BCUT2D eigenvalue weighted by Crippen LogP contribution is 2.28. The summed E-state index contributed by atoms with van der Waals surface area (Å²) in [4.78, 5) is 16.9. The van der Waals surface area contributed by atoms with Gasteiger partial charge in [0.15, 0.2) is 18.1 Å². The Morgan fingerprint density at radius 3 is 2.57 bits per heavy atom. The van der Waals surface area contributed by atoms with Crippen LogP contribution in [0.3, 0.4) is 0 Å². The van der Waals surface area contributed by atoms with E-state index in [1.165, 1.54) is 7.11 Å². The summed E-state index contributed by atoms with van der Waals surface area (Å²) >= 11 is 0. The van der Waals surface area contributed by atoms with Crippen LogP contribution in [0.15, 0.2) is 64.2 Å². The number of carbonyl (C=O) groups excluding carboxylic acids is 1. The lowest BCUT2D eigenvalue weighted by Crippen LogP contribution is -2.00. The highest BCUT2D eigenvalue weighted by molar-refractivity contribution is 5.90. The molecule has 156 valence electrons. The lowest BCUT2D eigenvalue weighted by atomic mass is 10.2. The molecule has 0 N–H and O–H groups in total. The first kappa shape index (κ1) is 21.0. The van der Waals surface area contributed by atoms with Gasteiger partial charge in [0, 0.05) is 5.56 Å². The highest BCUT2D eigenvalue weighted by atomic mass is 16.6. The van der Waals surface area contributed by atoms with Gasteiger partial charge in [-0.05, 0) is 36.8 Å². The molecule has 1 aromatic heterocycles. The number of nitrogens with zero attached hydrogens (tertiary/aromatic N) is 1. The van der Waals surface area contributed by atoms with E-state index >= 15 is 0 Å². The first-order valence-electron chi connectivity index (χ1n) is 9.28. The number of hydrogen-bond donors (Lipinski definition) is 0. The summed E-state index contributed by atoms with van der Waals surface area (Å²) in [6.07, 6.45) is 1.56. The zero-order valence-corrected chi connectivity index (χ0v) is 17.1. The van der Waals surface area contributed by atoms with Crippen LogP contribution in [0.25, 0.3) is 0 Å². The van der Waals surface area contributed by atoms with Crippen LogP contribution < -0.4 is 9.47 Å². The first-order chi connectivity index (χ1) is 14.6. The Hall–Kier alpha value is -3.74. The molecule has 0 atom stereocenters. The molecular formula is C23H23NO6. The van der Waals surface area contributed by atoms with Crippen LogP contribution in [0.4, 0.5) is 0 Å². The normalized spacial score (nSPS) is 10.8. The molecule has 3 aromatic rings. The molecule has 0 aliphatic carbocycles. The second kappa shape index (κ2) is 10.2. The van der Waals surface area contributed by atoms with Gasteiger partial charge in [-0.1, -0.05) is 35.5 Å². The third-order valence-corrected chi connectivity index (χ3v) is 4.28. The summed E-state index contributed by atoms with van der Waals surface area (Å²) < 4.78 is 21.4. The van der Waals surface area contributed by atoms with E-state index < -0.39 is 5.97 Å². The predicted octanol–water partition coefficient (Wildman–Crippen LogP) is 4.51. The van der Waals surface area contributed by atoms with Crippen molar-refractivity contribution in [2.45, 2.75) is 20.1 Å². The maximum absolute atomic E-state index is 11.6. The van der Waals surface area contributed by atoms with E-state index in [1.54, 1.807) is 32.4 Å². The Labute approximate surface area is 174 Å². The number of aryl methyl sites for hydroxylation is 1. The number of benzene rings is 2. The van der Waals surface area contributed by atoms with E-state index in [9.17, 15) is 4.79 Å². The number of carbonyl (C=O) groups is 1. The molecule has 0 aliphatic heterocycles. The minimum atomic E-state index is -0.451. The molecule has 0 unspecified atom stereocenters. The summed E-state index contributed by atoms with van der Waals surface area (Å²) in [5.74, 6) is 1.74. The first-order valence-corrected chi connectivity index (χ1v) is 9.28. The number of oxime groups is 1. The lowest BCUT2D eigenvalue weighted by Gasteiger charge is -2.11. The van der Waals surface area contributed by atoms with E-state index in [1.807, 2.05) is 42.5 Å². The average Bonchev–Trinajstić information content (AvgIpc) is 3.16. The van der Waals surface area contributed by atoms with Crippen LogP contribution in [-0.2, 0) is 22.8 Å². The Morgan fingerprint density at radius 2 is 1.83 bits per heavy atom. The molecule has 2 aromatic carbocycles. The van der Waals surface area contributed by atoms with Crippen molar-refractivity contribution in [2.24, 2.45) is 5.16 Å². The van der Waals surface area contributed by atoms with E-state index in [2.05, 4.69) is 5.16 Å². The molecule has 0 amide bonds. The Morgan fingerprint density at radius 1 is 1.03 bits per heavy atom. The van der Waals surface area contributed by atoms with Crippen molar-refractivity contribution in [3.63, 3.8) is 0 Å². The van der Waals surface area contributed by atoms with E-state index in [-0.39, 0.29) is 6.61 Å². The van der Waals surface area contributed by atoms with Gasteiger partial charge in [-0.15, -0.1) is 0 Å². The van der Waals surface area contributed by atoms with Gasteiger partial charge >= 0.3 is 5.97 Å². The molecule has 0 spiro atoms. The number of hydrogen-bond acceptors (Lipinski definition) is 7. The highest BCUT2D eigenvalue weighted by Gasteiger charge is 2.15. The molecule has 0 fully saturated rings. The van der Waals surface area contributed by atoms with Crippen LogP contribution in [0.5, 0.6) is 11.5 Å². The standard InChI is InChI=1S/C23H23NO6/c1-16-20(23(25)27-3)12-19(30-16)15-29-24-13-18-9-10-21(22(11-18)26-2)28-14-17-7-5-4-6-8-17/h4-13H,14-15H2,1-3H3/b24-13-. The summed E-state index contributed by atoms with van der Waals surface area (Å²) in [6, 6.07) is 17.0. The minimum absolute atomic E-state index is 0.0870. The summed E-state index contributed by atoms with van der Waals surface area (Å²) in [5, 5.41) is 3.94. The summed E-state index contributed by atoms with van der Waals surface area (Å²) in [5.41, 5.74) is 2.22. The molecule has 7 nitrogen and oxygen atoms in total. The summed E-state index contributed by atoms with van der Waals surface area (Å²) in [7, 11) is 2.90. The Bertz CT molecular complexity index is 1010. The van der Waals surface area contributed by atoms with Crippen molar-refractivity contribution in [3.8, 4) is 11.5 Å². The number of ether oxygens (including phenoxy) is 3. The second-order valence-electron chi connectivity index (χ2n) is 6.37. The van der Waals surface area contributed by atoms with Gasteiger partial charge in [0.1, 0.15) is 23.7 Å². The fourth-order valence-electron chi connectivity index (χ4n) is 2.75. The Kier molecular flexibility index (Phi) is 7.10. The molecule has 0 saturated carbocycles. The van der Waals surface area contributed by atoms with Crippen LogP contribution >= 0.6 is 0 Å². The van der Waals surface area contributed by atoms with Crippen molar-refractivity contribution in [1.82, 2.24) is 0 Å². The zero-order valence-electron chi connectivity index (χ0n) is 17.1. The smallest absolute Gasteiger partial charge is 0.341 e. The van der Waals surface area contributed by atoms with Gasteiger partial charge in [-0.2, -0.15) is 0 Å². The lowest BCUT2D eigenvalue weighted by molar-refractivity contribution is 0.0599. The van der Waals surface area contributed by atoms with Crippen LogP contribution in [0.1, 0.15) is 33.0 Å². The fraction of sp³-hybridized carbons (Fsp3) is 0.217. The molecule has 0 radical (unpaired) electrons. The summed E-state index contributed by atoms with van der Waals surface area (Å²) in [6.45, 7) is 2.22. The van der Waals surface area contributed by atoms with Crippen molar-refractivity contribution >= 4 is 12.2 Å². The number of esters is 1. The van der Waals surface area contributed by atoms with Crippen molar-refractivity contribution in [2.75, 3.05) is 14.2 Å². The van der Waals surface area contributed by atoms with Crippen molar-refractivity contribution in [1.29, 1.82) is 0 Å². The fourth-order valence-corrected chi connectivity index (χ4v) is 2.75. The zero-order chi connectivity index (χ0) is 21.3. The van der Waals surface area contributed by atoms with Gasteiger partial charge in [-0.25, -0.2) is 4.79 Å². The third-order valence-electron chi connectivity index (χ3n) is 4.28. The second-order valence-corrected chi connectivity index (χ2v) is 6.37. The number of methoxy groups -OCH3 is 2. The third kappa shape index (κ3) is 5.41. The molecule has 1 heterocycles. The monoisotopic (exact) mass is 409 g/mol. The molecule has 0 bridgehead atoms.